The Balaban J connectivity index is 1.88. The van der Waals surface area contributed by atoms with Gasteiger partial charge in [-0.25, -0.2) is 0 Å². The van der Waals surface area contributed by atoms with Crippen LogP contribution in [0, 0.1) is 0 Å². The number of carbonyl (C=O) groups is 1. The van der Waals surface area contributed by atoms with Crippen molar-refractivity contribution < 1.29 is 14.3 Å². The standard InChI is InChI=1S/C19H21ClN2O3/c1-13(2)12-25-16-6-4-5-15(9-16)22-19(23)11-21-14-7-8-18(24-3)17(20)10-14/h4-10,21H,1,11-12H2,2-3H3,(H,22,23). The van der Waals surface area contributed by atoms with Gasteiger partial charge < -0.3 is 20.1 Å². The first-order chi connectivity index (χ1) is 12.0. The number of nitrogens with one attached hydrogen (secondary N) is 2. The molecule has 0 atom stereocenters. The summed E-state index contributed by atoms with van der Waals surface area (Å²) < 4.78 is 10.7. The molecule has 0 fully saturated rings. The number of halogens is 1. The second-order valence-corrected chi connectivity index (χ2v) is 5.93. The first-order valence-electron chi connectivity index (χ1n) is 7.72. The number of methoxy groups -OCH3 is 1. The number of ether oxygens (including phenoxy) is 2. The number of amides is 1. The fraction of sp³-hybridized carbons (Fsp3) is 0.211. The summed E-state index contributed by atoms with van der Waals surface area (Å²) in [6, 6.07) is 12.5. The molecule has 0 unspecified atom stereocenters. The average Bonchev–Trinajstić information content (AvgIpc) is 2.58. The fourth-order valence-electron chi connectivity index (χ4n) is 2.03. The third kappa shape index (κ3) is 6.04. The van der Waals surface area contributed by atoms with Crippen molar-refractivity contribution in [1.82, 2.24) is 0 Å². The normalized spacial score (nSPS) is 10.0. The Morgan fingerprint density at radius 3 is 2.68 bits per heavy atom. The Labute approximate surface area is 152 Å². The van der Waals surface area contributed by atoms with E-state index in [0.29, 0.717) is 28.8 Å². The molecule has 0 aromatic heterocycles. The largest absolute Gasteiger partial charge is 0.495 e. The van der Waals surface area contributed by atoms with Crippen LogP contribution in [0.4, 0.5) is 11.4 Å². The van der Waals surface area contributed by atoms with Gasteiger partial charge in [-0.1, -0.05) is 24.2 Å². The molecule has 0 radical (unpaired) electrons. The minimum Gasteiger partial charge on any atom is -0.495 e. The molecule has 2 rings (SSSR count). The van der Waals surface area contributed by atoms with Crippen LogP contribution in [0.2, 0.25) is 5.02 Å². The van der Waals surface area contributed by atoms with Gasteiger partial charge in [0.15, 0.2) is 0 Å². The molecule has 0 bridgehead atoms. The van der Waals surface area contributed by atoms with Crippen molar-refractivity contribution in [2.45, 2.75) is 6.92 Å². The Hall–Kier alpha value is -2.66. The van der Waals surface area contributed by atoms with E-state index in [0.717, 1.165) is 11.3 Å². The third-order valence-corrected chi connectivity index (χ3v) is 3.50. The zero-order valence-corrected chi connectivity index (χ0v) is 15.0. The minimum atomic E-state index is -0.177. The van der Waals surface area contributed by atoms with E-state index in [1.807, 2.05) is 19.1 Å². The molecule has 0 saturated heterocycles. The van der Waals surface area contributed by atoms with Crippen molar-refractivity contribution in [1.29, 1.82) is 0 Å². The lowest BCUT2D eigenvalue weighted by molar-refractivity contribution is -0.114. The fourth-order valence-corrected chi connectivity index (χ4v) is 2.29. The molecule has 0 aliphatic heterocycles. The number of hydrogen-bond acceptors (Lipinski definition) is 4. The average molecular weight is 361 g/mol. The zero-order chi connectivity index (χ0) is 18.2. The van der Waals surface area contributed by atoms with Gasteiger partial charge in [0.2, 0.25) is 5.91 Å². The van der Waals surface area contributed by atoms with Gasteiger partial charge in [0.25, 0.3) is 0 Å². The quantitative estimate of drug-likeness (QED) is 0.687. The van der Waals surface area contributed by atoms with Crippen LogP contribution in [-0.4, -0.2) is 26.2 Å². The highest BCUT2D eigenvalue weighted by atomic mass is 35.5. The second kappa shape index (κ2) is 8.99. The molecule has 1 amide bonds. The van der Waals surface area contributed by atoms with Crippen LogP contribution in [0.15, 0.2) is 54.6 Å². The van der Waals surface area contributed by atoms with Crippen LogP contribution in [0.1, 0.15) is 6.92 Å². The van der Waals surface area contributed by atoms with Crippen LogP contribution < -0.4 is 20.1 Å². The smallest absolute Gasteiger partial charge is 0.243 e. The molecule has 5 nitrogen and oxygen atoms in total. The third-order valence-electron chi connectivity index (χ3n) is 3.21. The van der Waals surface area contributed by atoms with E-state index >= 15 is 0 Å². The van der Waals surface area contributed by atoms with Crippen LogP contribution in [-0.2, 0) is 4.79 Å². The Morgan fingerprint density at radius 2 is 2.00 bits per heavy atom. The number of carbonyl (C=O) groups excluding carboxylic acids is 1. The van der Waals surface area contributed by atoms with Crippen molar-refractivity contribution in [3.63, 3.8) is 0 Å². The van der Waals surface area contributed by atoms with Crippen LogP contribution >= 0.6 is 11.6 Å². The highest BCUT2D eigenvalue weighted by Gasteiger charge is 2.06. The molecule has 2 aromatic carbocycles. The molecule has 2 N–H and O–H groups in total. The lowest BCUT2D eigenvalue weighted by Crippen LogP contribution is -2.21. The highest BCUT2D eigenvalue weighted by Crippen LogP contribution is 2.27. The Bertz CT molecular complexity index is 762. The topological polar surface area (TPSA) is 59.6 Å². The molecule has 0 saturated carbocycles. The van der Waals surface area contributed by atoms with Crippen molar-refractivity contribution in [3.05, 3.63) is 59.6 Å². The molecule has 6 heteroatoms. The van der Waals surface area contributed by atoms with Gasteiger partial charge in [-0.3, -0.25) is 4.79 Å². The predicted octanol–water partition coefficient (Wildman–Crippen LogP) is 4.35. The zero-order valence-electron chi connectivity index (χ0n) is 14.3. The summed E-state index contributed by atoms with van der Waals surface area (Å²) >= 11 is 6.06. The van der Waals surface area contributed by atoms with Crippen LogP contribution in [0.3, 0.4) is 0 Å². The van der Waals surface area contributed by atoms with E-state index in [1.165, 1.54) is 0 Å². The maximum Gasteiger partial charge on any atom is 0.243 e. The molecule has 25 heavy (non-hydrogen) atoms. The van der Waals surface area contributed by atoms with Crippen molar-refractivity contribution in [3.8, 4) is 11.5 Å². The molecular formula is C19H21ClN2O3. The monoisotopic (exact) mass is 360 g/mol. The second-order valence-electron chi connectivity index (χ2n) is 5.52. The first-order valence-corrected chi connectivity index (χ1v) is 8.10. The van der Waals surface area contributed by atoms with Crippen molar-refractivity contribution in [2.75, 3.05) is 30.9 Å². The summed E-state index contributed by atoms with van der Waals surface area (Å²) in [6.07, 6.45) is 0. The molecule has 0 aliphatic carbocycles. The van der Waals surface area contributed by atoms with Gasteiger partial charge in [-0.2, -0.15) is 0 Å². The highest BCUT2D eigenvalue weighted by molar-refractivity contribution is 6.32. The summed E-state index contributed by atoms with van der Waals surface area (Å²) in [7, 11) is 1.55. The summed E-state index contributed by atoms with van der Waals surface area (Å²) in [4.78, 5) is 12.1. The van der Waals surface area contributed by atoms with E-state index in [9.17, 15) is 4.79 Å². The minimum absolute atomic E-state index is 0.111. The summed E-state index contributed by atoms with van der Waals surface area (Å²) in [6.45, 7) is 6.23. The number of hydrogen-bond donors (Lipinski definition) is 2. The molecule has 0 spiro atoms. The SMILES string of the molecule is C=C(C)COc1cccc(NC(=O)CNc2ccc(OC)c(Cl)c2)c1. The van der Waals surface area contributed by atoms with Gasteiger partial charge in [0, 0.05) is 17.4 Å². The van der Waals surface area contributed by atoms with Crippen LogP contribution in [0.25, 0.3) is 0 Å². The van der Waals surface area contributed by atoms with Crippen molar-refractivity contribution >= 4 is 28.9 Å². The van der Waals surface area contributed by atoms with Gasteiger partial charge >= 0.3 is 0 Å². The number of anilines is 2. The molecule has 0 heterocycles. The number of benzene rings is 2. The summed E-state index contributed by atoms with van der Waals surface area (Å²) in [5.74, 6) is 1.09. The van der Waals surface area contributed by atoms with E-state index < -0.39 is 0 Å². The predicted molar refractivity (Wildman–Crippen MR) is 102 cm³/mol. The maximum atomic E-state index is 12.1. The van der Waals surface area contributed by atoms with Gasteiger partial charge in [0.05, 0.1) is 18.7 Å². The molecule has 2 aromatic rings. The lowest BCUT2D eigenvalue weighted by atomic mass is 10.3. The Kier molecular flexibility index (Phi) is 6.71. The van der Waals surface area contributed by atoms with E-state index in [-0.39, 0.29) is 12.5 Å². The number of rotatable bonds is 8. The van der Waals surface area contributed by atoms with Gasteiger partial charge in [0.1, 0.15) is 18.1 Å². The van der Waals surface area contributed by atoms with Gasteiger partial charge in [-0.05, 0) is 42.8 Å². The van der Waals surface area contributed by atoms with E-state index in [4.69, 9.17) is 21.1 Å². The lowest BCUT2D eigenvalue weighted by Gasteiger charge is -2.11. The summed E-state index contributed by atoms with van der Waals surface area (Å²) in [5.41, 5.74) is 2.33. The maximum absolute atomic E-state index is 12.1. The van der Waals surface area contributed by atoms with E-state index in [1.54, 1.807) is 37.4 Å². The molecule has 132 valence electrons. The Morgan fingerprint density at radius 1 is 1.20 bits per heavy atom. The van der Waals surface area contributed by atoms with E-state index in [2.05, 4.69) is 17.2 Å². The van der Waals surface area contributed by atoms with Crippen LogP contribution in [0.5, 0.6) is 11.5 Å². The molecule has 0 aliphatic rings. The molecular weight excluding hydrogens is 340 g/mol. The summed E-state index contributed by atoms with van der Waals surface area (Å²) in [5, 5.41) is 6.31. The van der Waals surface area contributed by atoms with Gasteiger partial charge in [-0.15, -0.1) is 0 Å². The van der Waals surface area contributed by atoms with Crippen molar-refractivity contribution in [2.24, 2.45) is 0 Å². The first kappa shape index (κ1) is 18.7.